The van der Waals surface area contributed by atoms with E-state index in [4.69, 9.17) is 16.9 Å². The molecule has 0 aliphatic carbocycles. The molecule has 1 amide bonds. The molecule has 1 saturated heterocycles. The number of nitriles is 1. The van der Waals surface area contributed by atoms with Gasteiger partial charge in [0.2, 0.25) is 5.28 Å². The lowest BCUT2D eigenvalue weighted by molar-refractivity contribution is 0.119. The Morgan fingerprint density at radius 2 is 2.24 bits per heavy atom. The first-order chi connectivity index (χ1) is 11.9. The van der Waals surface area contributed by atoms with E-state index in [-0.39, 0.29) is 34.8 Å². The van der Waals surface area contributed by atoms with Crippen LogP contribution in [0.4, 0.5) is 15.0 Å². The predicted molar refractivity (Wildman–Crippen MR) is 93.2 cm³/mol. The lowest BCUT2D eigenvalue weighted by Gasteiger charge is -2.39. The third-order valence-corrected chi connectivity index (χ3v) is 4.85. The van der Waals surface area contributed by atoms with Crippen molar-refractivity contribution in [3.63, 3.8) is 0 Å². The smallest absolute Gasteiger partial charge is 0.407 e. The summed E-state index contributed by atoms with van der Waals surface area (Å²) in [5.41, 5.74) is 0.0851. The van der Waals surface area contributed by atoms with Crippen molar-refractivity contribution in [2.24, 2.45) is 0 Å². The van der Waals surface area contributed by atoms with Crippen LogP contribution in [-0.4, -0.2) is 51.7 Å². The van der Waals surface area contributed by atoms with Crippen LogP contribution in [0.3, 0.4) is 0 Å². The highest BCUT2D eigenvalue weighted by atomic mass is 79.9. The molecule has 1 atom stereocenters. The summed E-state index contributed by atoms with van der Waals surface area (Å²) in [5.74, 6) is -0.116. The van der Waals surface area contributed by atoms with E-state index in [0.717, 1.165) is 0 Å². The zero-order valence-corrected chi connectivity index (χ0v) is 15.1. The molecule has 1 unspecified atom stereocenters. The van der Waals surface area contributed by atoms with E-state index in [1.807, 2.05) is 11.0 Å². The van der Waals surface area contributed by atoms with Crippen LogP contribution in [0.2, 0.25) is 5.28 Å². The molecule has 2 aromatic rings. The van der Waals surface area contributed by atoms with Gasteiger partial charge in [-0.05, 0) is 39.7 Å². The SMILES string of the molecule is N#CCC1CN(c2nc(Cl)nc3c(F)c(Br)ccc23)CCN1C(=O)O. The molecule has 130 valence electrons. The molecule has 1 aliphatic heterocycles. The Labute approximate surface area is 155 Å². The largest absolute Gasteiger partial charge is 0.465 e. The second kappa shape index (κ2) is 6.98. The van der Waals surface area contributed by atoms with E-state index in [1.165, 1.54) is 4.90 Å². The average Bonchev–Trinajstić information content (AvgIpc) is 2.58. The van der Waals surface area contributed by atoms with Gasteiger partial charge in [0, 0.05) is 25.0 Å². The Hall–Kier alpha value is -2.18. The third kappa shape index (κ3) is 3.32. The number of anilines is 1. The van der Waals surface area contributed by atoms with Crippen LogP contribution in [-0.2, 0) is 0 Å². The number of hydrogen-bond acceptors (Lipinski definition) is 5. The molecule has 7 nitrogen and oxygen atoms in total. The van der Waals surface area contributed by atoms with Crippen molar-refractivity contribution in [1.82, 2.24) is 14.9 Å². The van der Waals surface area contributed by atoms with Crippen LogP contribution in [0.5, 0.6) is 0 Å². The topological polar surface area (TPSA) is 93.4 Å². The number of carbonyl (C=O) groups is 1. The molecule has 0 saturated carbocycles. The molecule has 1 fully saturated rings. The van der Waals surface area contributed by atoms with Gasteiger partial charge in [0.05, 0.1) is 23.0 Å². The van der Waals surface area contributed by atoms with Gasteiger partial charge in [-0.25, -0.2) is 14.2 Å². The Balaban J connectivity index is 2.03. The second-order valence-electron chi connectivity index (χ2n) is 5.51. The van der Waals surface area contributed by atoms with Gasteiger partial charge < -0.3 is 14.9 Å². The molecule has 10 heteroatoms. The average molecular weight is 429 g/mol. The lowest BCUT2D eigenvalue weighted by Crippen LogP contribution is -2.55. The van der Waals surface area contributed by atoms with E-state index in [0.29, 0.717) is 17.7 Å². The fourth-order valence-corrected chi connectivity index (χ4v) is 3.40. The molecule has 0 radical (unpaired) electrons. The quantitative estimate of drug-likeness (QED) is 0.738. The highest BCUT2D eigenvalue weighted by Gasteiger charge is 2.32. The van der Waals surface area contributed by atoms with Gasteiger partial charge in [0.15, 0.2) is 5.82 Å². The third-order valence-electron chi connectivity index (χ3n) is 4.07. The monoisotopic (exact) mass is 427 g/mol. The van der Waals surface area contributed by atoms with Gasteiger partial charge in [-0.1, -0.05) is 0 Å². The molecule has 1 aromatic heterocycles. The molecule has 3 rings (SSSR count). The fourth-order valence-electron chi connectivity index (χ4n) is 2.92. The molecule has 1 N–H and O–H groups in total. The van der Waals surface area contributed by atoms with E-state index in [9.17, 15) is 14.3 Å². The van der Waals surface area contributed by atoms with Crippen LogP contribution in [0.25, 0.3) is 10.9 Å². The molecule has 25 heavy (non-hydrogen) atoms. The molecule has 1 aliphatic rings. The summed E-state index contributed by atoms with van der Waals surface area (Å²) in [6.07, 6.45) is -1.01. The molecule has 2 heterocycles. The minimum absolute atomic E-state index is 0.0550. The van der Waals surface area contributed by atoms with Crippen LogP contribution >= 0.6 is 27.5 Å². The maximum absolute atomic E-state index is 14.3. The van der Waals surface area contributed by atoms with E-state index in [1.54, 1.807) is 12.1 Å². The van der Waals surface area contributed by atoms with Gasteiger partial charge in [0.1, 0.15) is 11.3 Å². The fraction of sp³-hybridized carbons (Fsp3) is 0.333. The maximum Gasteiger partial charge on any atom is 0.407 e. The van der Waals surface area contributed by atoms with Crippen molar-refractivity contribution < 1.29 is 14.3 Å². The van der Waals surface area contributed by atoms with Crippen LogP contribution < -0.4 is 4.90 Å². The van der Waals surface area contributed by atoms with Gasteiger partial charge >= 0.3 is 6.09 Å². The van der Waals surface area contributed by atoms with Gasteiger partial charge in [-0.3, -0.25) is 0 Å². The summed E-state index contributed by atoms with van der Waals surface area (Å²) < 4.78 is 14.6. The minimum Gasteiger partial charge on any atom is -0.465 e. The summed E-state index contributed by atoms with van der Waals surface area (Å²) in [6, 6.07) is 4.73. The van der Waals surface area contributed by atoms with Crippen LogP contribution in [0.1, 0.15) is 6.42 Å². The van der Waals surface area contributed by atoms with E-state index >= 15 is 0 Å². The van der Waals surface area contributed by atoms with Gasteiger partial charge in [0.25, 0.3) is 0 Å². The van der Waals surface area contributed by atoms with Crippen molar-refractivity contribution in [3.05, 3.63) is 27.7 Å². The predicted octanol–water partition coefficient (Wildman–Crippen LogP) is 3.27. The number of aromatic nitrogens is 2. The first-order valence-corrected chi connectivity index (χ1v) is 8.52. The number of amides is 1. The van der Waals surface area contributed by atoms with Crippen LogP contribution in [0, 0.1) is 17.1 Å². The maximum atomic E-state index is 14.3. The highest BCUT2D eigenvalue weighted by Crippen LogP contribution is 2.32. The van der Waals surface area contributed by atoms with Crippen LogP contribution in [0.15, 0.2) is 16.6 Å². The first-order valence-electron chi connectivity index (χ1n) is 7.35. The van der Waals surface area contributed by atoms with Gasteiger partial charge in [-0.2, -0.15) is 10.2 Å². The second-order valence-corrected chi connectivity index (χ2v) is 6.70. The first kappa shape index (κ1) is 17.6. The van der Waals surface area contributed by atoms with Crippen molar-refractivity contribution in [2.75, 3.05) is 24.5 Å². The summed E-state index contributed by atoms with van der Waals surface area (Å²) in [4.78, 5) is 22.5. The Bertz CT molecular complexity index is 890. The Morgan fingerprint density at radius 3 is 2.92 bits per heavy atom. The molecule has 0 spiro atoms. The minimum atomic E-state index is -1.07. The number of halogens is 3. The van der Waals surface area contributed by atoms with Crippen molar-refractivity contribution in [3.8, 4) is 6.07 Å². The van der Waals surface area contributed by atoms with Crippen molar-refractivity contribution in [2.45, 2.75) is 12.5 Å². The summed E-state index contributed by atoms with van der Waals surface area (Å²) in [7, 11) is 0. The zero-order valence-electron chi connectivity index (χ0n) is 12.8. The number of carboxylic acid groups (broad SMARTS) is 1. The normalized spacial score (nSPS) is 17.6. The Kier molecular flexibility index (Phi) is 4.92. The number of rotatable bonds is 2. The zero-order chi connectivity index (χ0) is 18.1. The standard InChI is InChI=1S/C15H12BrClFN5O2/c16-10-2-1-9-12(11(10)18)20-14(17)21-13(9)22-5-6-23(15(24)25)8(7-22)3-4-19/h1-2,8H,3,5-7H2,(H,24,25). The summed E-state index contributed by atoms with van der Waals surface area (Å²) >= 11 is 9.07. The number of fused-ring (bicyclic) bond motifs is 1. The highest BCUT2D eigenvalue weighted by molar-refractivity contribution is 9.10. The number of piperazine rings is 1. The van der Waals surface area contributed by atoms with E-state index < -0.39 is 18.0 Å². The lowest BCUT2D eigenvalue weighted by atomic mass is 10.1. The molecular weight excluding hydrogens is 417 g/mol. The summed E-state index contributed by atoms with van der Waals surface area (Å²) in [6.45, 7) is 0.831. The van der Waals surface area contributed by atoms with Crippen molar-refractivity contribution >= 4 is 50.3 Å². The van der Waals surface area contributed by atoms with Crippen molar-refractivity contribution in [1.29, 1.82) is 5.26 Å². The molecule has 0 bridgehead atoms. The van der Waals surface area contributed by atoms with Gasteiger partial charge in [-0.15, -0.1) is 0 Å². The van der Waals surface area contributed by atoms with E-state index in [2.05, 4.69) is 25.9 Å². The molecule has 1 aromatic carbocycles. The molecular formula is C15H12BrClFN5O2. The number of hydrogen-bond donors (Lipinski definition) is 1. The Morgan fingerprint density at radius 1 is 1.48 bits per heavy atom. The number of nitrogens with zero attached hydrogens (tertiary/aromatic N) is 5. The number of benzene rings is 1. The summed E-state index contributed by atoms with van der Waals surface area (Å²) in [5, 5.41) is 18.6.